The zero-order chi connectivity index (χ0) is 25.2. The van der Waals surface area contributed by atoms with Crippen molar-refractivity contribution in [2.24, 2.45) is 0 Å². The quantitative estimate of drug-likeness (QED) is 0.184. The Morgan fingerprint density at radius 1 is 1.22 bits per heavy atom. The summed E-state index contributed by atoms with van der Waals surface area (Å²) in [5.41, 5.74) is 2.13. The first-order valence-electron chi connectivity index (χ1n) is 12.2. The van der Waals surface area contributed by atoms with Crippen molar-refractivity contribution in [2.75, 3.05) is 11.5 Å². The van der Waals surface area contributed by atoms with Crippen LogP contribution < -0.4 is 14.4 Å². The molecular formula is C28H28N2O5S. The zero-order valence-electron chi connectivity index (χ0n) is 20.3. The van der Waals surface area contributed by atoms with Crippen LogP contribution in [0.5, 0.6) is 11.5 Å². The molecule has 186 valence electrons. The molecule has 1 fully saturated rings. The van der Waals surface area contributed by atoms with Gasteiger partial charge in [0.2, 0.25) is 0 Å². The van der Waals surface area contributed by atoms with E-state index in [2.05, 4.69) is 11.9 Å². The van der Waals surface area contributed by atoms with E-state index >= 15 is 0 Å². The van der Waals surface area contributed by atoms with E-state index < -0.39 is 17.7 Å². The van der Waals surface area contributed by atoms with E-state index in [0.717, 1.165) is 30.6 Å². The van der Waals surface area contributed by atoms with Gasteiger partial charge in [-0.25, -0.2) is 4.98 Å². The van der Waals surface area contributed by atoms with E-state index in [9.17, 15) is 14.7 Å². The van der Waals surface area contributed by atoms with Crippen molar-refractivity contribution in [3.63, 3.8) is 0 Å². The van der Waals surface area contributed by atoms with Gasteiger partial charge in [-0.05, 0) is 54.8 Å². The summed E-state index contributed by atoms with van der Waals surface area (Å²) in [5, 5.41) is 13.6. The van der Waals surface area contributed by atoms with Crippen molar-refractivity contribution in [3.05, 3.63) is 76.3 Å². The summed E-state index contributed by atoms with van der Waals surface area (Å²) in [6.45, 7) is 4.70. The van der Waals surface area contributed by atoms with Crippen molar-refractivity contribution < 1.29 is 24.2 Å². The molecule has 2 atom stereocenters. The minimum Gasteiger partial charge on any atom is -0.507 e. The summed E-state index contributed by atoms with van der Waals surface area (Å²) in [6.07, 6.45) is 5.47. The highest BCUT2D eigenvalue weighted by atomic mass is 32.1. The Morgan fingerprint density at radius 2 is 2.08 bits per heavy atom. The Bertz CT molecular complexity index is 1320. The molecule has 2 aliphatic heterocycles. The molecule has 1 amide bonds. The predicted molar refractivity (Wildman–Crippen MR) is 139 cm³/mol. The number of Topliss-reactive ketones (excluding diaryl/α,β-unsaturated/α-hetero) is 1. The molecule has 3 heterocycles. The molecule has 1 aromatic heterocycles. The maximum Gasteiger partial charge on any atom is 0.301 e. The predicted octanol–water partition coefficient (Wildman–Crippen LogP) is 5.66. The second-order valence-electron chi connectivity index (χ2n) is 9.07. The number of ketones is 1. The van der Waals surface area contributed by atoms with E-state index in [4.69, 9.17) is 9.47 Å². The summed E-state index contributed by atoms with van der Waals surface area (Å²) in [6, 6.07) is 11.9. The molecule has 36 heavy (non-hydrogen) atoms. The SMILES string of the molecule is CCCCCOc1cccc(C2C(=C(O)c3ccc4c(c3)CC(C)O4)C(=O)C(=O)N2c2nccs2)c1. The van der Waals surface area contributed by atoms with Gasteiger partial charge in [-0.2, -0.15) is 0 Å². The van der Waals surface area contributed by atoms with E-state index in [1.807, 2.05) is 37.3 Å². The van der Waals surface area contributed by atoms with Gasteiger partial charge in [-0.1, -0.05) is 31.9 Å². The van der Waals surface area contributed by atoms with Crippen LogP contribution in [0.4, 0.5) is 5.13 Å². The maximum atomic E-state index is 13.3. The standard InChI is InChI=1S/C28H28N2O5S/c1-3-4-5-12-34-21-8-6-7-18(16-21)24-23(26(32)27(33)30(24)28-29-11-13-36-28)25(31)19-9-10-22-20(15-19)14-17(2)35-22/h6-11,13,15-17,24,31H,3-5,12,14H2,1-2H3. The van der Waals surface area contributed by atoms with Crippen molar-refractivity contribution >= 4 is 33.9 Å². The number of ether oxygens (including phenoxy) is 2. The first-order valence-corrected chi connectivity index (χ1v) is 13.1. The number of aliphatic hydroxyl groups is 1. The van der Waals surface area contributed by atoms with Crippen LogP contribution in [-0.4, -0.2) is 34.5 Å². The molecule has 0 bridgehead atoms. The van der Waals surface area contributed by atoms with Crippen LogP contribution in [0.2, 0.25) is 0 Å². The molecule has 0 radical (unpaired) electrons. The number of amides is 1. The van der Waals surface area contributed by atoms with E-state index in [0.29, 0.717) is 35.0 Å². The van der Waals surface area contributed by atoms with Gasteiger partial charge in [0.1, 0.15) is 23.4 Å². The first kappa shape index (κ1) is 24.1. The summed E-state index contributed by atoms with van der Waals surface area (Å²) in [5.74, 6) is -0.256. The third-order valence-electron chi connectivity index (χ3n) is 6.43. The number of thiazole rings is 1. The van der Waals surface area contributed by atoms with Crippen LogP contribution in [0.15, 0.2) is 59.6 Å². The molecule has 3 aromatic rings. The van der Waals surface area contributed by atoms with Gasteiger partial charge < -0.3 is 14.6 Å². The third kappa shape index (κ3) is 4.48. The second-order valence-corrected chi connectivity index (χ2v) is 9.94. The Labute approximate surface area is 214 Å². The number of hydrogen-bond donors (Lipinski definition) is 1. The van der Waals surface area contributed by atoms with Crippen LogP contribution in [0, 0.1) is 0 Å². The molecule has 7 nitrogen and oxygen atoms in total. The molecule has 1 N–H and O–H groups in total. The molecule has 0 aliphatic carbocycles. The van der Waals surface area contributed by atoms with Gasteiger partial charge >= 0.3 is 5.91 Å². The number of fused-ring (bicyclic) bond motifs is 1. The lowest BCUT2D eigenvalue weighted by molar-refractivity contribution is -0.132. The van der Waals surface area contributed by atoms with Gasteiger partial charge in [-0.3, -0.25) is 14.5 Å². The lowest BCUT2D eigenvalue weighted by atomic mass is 9.94. The van der Waals surface area contributed by atoms with Crippen molar-refractivity contribution in [3.8, 4) is 11.5 Å². The van der Waals surface area contributed by atoms with Crippen LogP contribution in [0.3, 0.4) is 0 Å². The van der Waals surface area contributed by atoms with Crippen molar-refractivity contribution in [1.29, 1.82) is 0 Å². The van der Waals surface area contributed by atoms with Gasteiger partial charge in [0.15, 0.2) is 5.13 Å². The highest BCUT2D eigenvalue weighted by Crippen LogP contribution is 2.44. The maximum absolute atomic E-state index is 13.3. The number of aromatic nitrogens is 1. The van der Waals surface area contributed by atoms with Gasteiger partial charge in [0, 0.05) is 23.6 Å². The molecular weight excluding hydrogens is 476 g/mol. The van der Waals surface area contributed by atoms with E-state index in [1.165, 1.54) is 16.2 Å². The normalized spacial score (nSPS) is 20.4. The fourth-order valence-electron chi connectivity index (χ4n) is 4.72. The number of nitrogens with zero attached hydrogens (tertiary/aromatic N) is 2. The Balaban J connectivity index is 1.58. The number of unbranched alkanes of at least 4 members (excludes halogenated alkanes) is 2. The number of carbonyl (C=O) groups is 2. The highest BCUT2D eigenvalue weighted by Gasteiger charge is 2.48. The second kappa shape index (κ2) is 10.1. The fraction of sp³-hybridized carbons (Fsp3) is 0.321. The number of anilines is 1. The van der Waals surface area contributed by atoms with Gasteiger partial charge in [0.05, 0.1) is 18.2 Å². The summed E-state index contributed by atoms with van der Waals surface area (Å²) < 4.78 is 11.7. The van der Waals surface area contributed by atoms with Crippen LogP contribution in [-0.2, 0) is 16.0 Å². The topological polar surface area (TPSA) is 89.0 Å². The summed E-state index contributed by atoms with van der Waals surface area (Å²) in [4.78, 5) is 32.2. The Morgan fingerprint density at radius 3 is 2.86 bits per heavy atom. The first-order chi connectivity index (χ1) is 17.5. The number of aliphatic hydroxyl groups excluding tert-OH is 1. The molecule has 1 saturated heterocycles. The molecule has 2 aromatic carbocycles. The van der Waals surface area contributed by atoms with Crippen LogP contribution in [0.25, 0.3) is 5.76 Å². The third-order valence-corrected chi connectivity index (χ3v) is 7.20. The summed E-state index contributed by atoms with van der Waals surface area (Å²) in [7, 11) is 0. The smallest absolute Gasteiger partial charge is 0.301 e. The lowest BCUT2D eigenvalue weighted by Gasteiger charge is -2.23. The minimum atomic E-state index is -0.834. The van der Waals surface area contributed by atoms with Gasteiger partial charge in [0.25, 0.3) is 5.78 Å². The van der Waals surface area contributed by atoms with Crippen LogP contribution >= 0.6 is 11.3 Å². The molecule has 5 rings (SSSR count). The lowest BCUT2D eigenvalue weighted by Crippen LogP contribution is -2.29. The zero-order valence-corrected chi connectivity index (χ0v) is 21.1. The van der Waals surface area contributed by atoms with Crippen molar-refractivity contribution in [1.82, 2.24) is 4.98 Å². The molecule has 8 heteroatoms. The van der Waals surface area contributed by atoms with Crippen LogP contribution in [0.1, 0.15) is 55.8 Å². The minimum absolute atomic E-state index is 0.0326. The molecule has 0 spiro atoms. The number of hydrogen-bond acceptors (Lipinski definition) is 7. The van der Waals surface area contributed by atoms with E-state index in [-0.39, 0.29) is 17.4 Å². The molecule has 2 aliphatic rings. The number of carbonyl (C=O) groups excluding carboxylic acids is 2. The van der Waals surface area contributed by atoms with E-state index in [1.54, 1.807) is 23.7 Å². The number of rotatable bonds is 8. The average molecular weight is 505 g/mol. The van der Waals surface area contributed by atoms with Crippen molar-refractivity contribution in [2.45, 2.75) is 51.7 Å². The number of benzene rings is 2. The Kier molecular flexibility index (Phi) is 6.78. The average Bonchev–Trinajstić information content (AvgIpc) is 3.59. The molecule has 2 unspecified atom stereocenters. The Hall–Kier alpha value is -3.65. The summed E-state index contributed by atoms with van der Waals surface area (Å²) >= 11 is 1.26. The highest BCUT2D eigenvalue weighted by molar-refractivity contribution is 7.14. The largest absolute Gasteiger partial charge is 0.507 e. The fourth-order valence-corrected chi connectivity index (χ4v) is 5.39. The molecule has 0 saturated carbocycles. The van der Waals surface area contributed by atoms with Gasteiger partial charge in [-0.15, -0.1) is 11.3 Å². The monoisotopic (exact) mass is 504 g/mol.